The Bertz CT molecular complexity index is 3520. The van der Waals surface area contributed by atoms with Gasteiger partial charge in [-0.25, -0.2) is 0 Å². The number of unbranched alkanes of at least 4 members (excludes halogenated alkanes) is 20. The SMILES string of the molecule is CCCCCCCCc1ccc(C2(c3ccc(CCCCCCCC)cc3)C3=C(c4ccc(-c5c(C(C)C)cc(C(C)C)cc5C(C)C)cc42)C(c2ccc(CCCCCCCC)cc2)(c2ccc(CCCCCCCC)cc2)c2cc(-c4c(C(C)C)cc(C(C)C)cc4C(C)C)ccc23)cc1. The van der Waals surface area contributed by atoms with Crippen LogP contribution in [-0.4, -0.2) is 0 Å². The van der Waals surface area contributed by atoms with Gasteiger partial charge in [-0.3, -0.25) is 0 Å². The summed E-state index contributed by atoms with van der Waals surface area (Å²) in [6, 6.07) is 67.6. The second-order valence-corrected chi connectivity index (χ2v) is 33.7. The average molecular weight is 1360 g/mol. The zero-order chi connectivity index (χ0) is 72.5. The molecule has 0 aromatic heterocycles. The van der Waals surface area contributed by atoms with Gasteiger partial charge >= 0.3 is 0 Å². The highest BCUT2D eigenvalue weighted by Gasteiger charge is 2.60. The van der Waals surface area contributed by atoms with Crippen molar-refractivity contribution >= 4 is 11.1 Å². The molecule has 10 rings (SSSR count). The Morgan fingerprint density at radius 3 is 0.676 bits per heavy atom. The monoisotopic (exact) mass is 1360 g/mol. The maximum atomic E-state index is 2.76. The standard InChI is InChI=1S/C102H136/c1-17-21-25-29-33-37-41-77-45-55-85(56-46-77)101(86-57-47-78(48-58-86)42-38-34-30-26-22-18-2)95-69-81(97-91(73(9)10)65-83(71(5)6)66-92(97)74(11)12)53-63-89(95)100-99(101)90-64-54-82(98-93(75(13)14)67-84(72(7)8)68-94(98)76(15)16)70-96(90)102(100,87-59-49-79(50-60-87)43-39-35-31-27-23-19-3)88-61-51-80(52-62-88)44-40-36-32-28-24-20-4/h45-76H,17-44H2,1-16H3. The van der Waals surface area contributed by atoms with Gasteiger partial charge in [0, 0.05) is 0 Å². The summed E-state index contributed by atoms with van der Waals surface area (Å²) < 4.78 is 0. The van der Waals surface area contributed by atoms with Gasteiger partial charge in [-0.2, -0.15) is 0 Å². The van der Waals surface area contributed by atoms with Crippen LogP contribution < -0.4 is 0 Å². The van der Waals surface area contributed by atoms with E-state index in [2.05, 4.69) is 269 Å². The molecule has 0 N–H and O–H groups in total. The predicted octanol–water partition coefficient (Wildman–Crippen LogP) is 31.0. The molecular formula is C102H136. The summed E-state index contributed by atoms with van der Waals surface area (Å²) >= 11 is 0. The van der Waals surface area contributed by atoms with Crippen LogP contribution in [0.15, 0.2) is 158 Å². The van der Waals surface area contributed by atoms with Crippen molar-refractivity contribution < 1.29 is 0 Å². The highest BCUT2D eigenvalue weighted by atomic mass is 14.6. The zero-order valence-corrected chi connectivity index (χ0v) is 67.3. The lowest BCUT2D eigenvalue weighted by atomic mass is 9.63. The molecule has 8 aromatic rings. The smallest absolute Gasteiger partial charge is 0.0654 e. The third-order valence-electron chi connectivity index (χ3n) is 24.1. The second kappa shape index (κ2) is 37.0. The average Bonchev–Trinajstić information content (AvgIpc) is 1.48. The van der Waals surface area contributed by atoms with Crippen LogP contribution in [0.5, 0.6) is 0 Å². The van der Waals surface area contributed by atoms with E-state index in [-0.39, 0.29) is 0 Å². The molecule has 0 spiro atoms. The molecule has 544 valence electrons. The predicted molar refractivity (Wildman–Crippen MR) is 449 cm³/mol. The van der Waals surface area contributed by atoms with Gasteiger partial charge in [0.05, 0.1) is 10.8 Å². The Hall–Kier alpha value is -6.50. The minimum absolute atomic E-state index is 0.339. The first-order valence-corrected chi connectivity index (χ1v) is 42.2. The summed E-state index contributed by atoms with van der Waals surface area (Å²) in [4.78, 5) is 0. The molecule has 0 heterocycles. The number of fused-ring (bicyclic) bond motifs is 4. The van der Waals surface area contributed by atoms with Gasteiger partial charge in [0.1, 0.15) is 0 Å². The molecule has 0 amide bonds. The van der Waals surface area contributed by atoms with E-state index in [0.717, 1.165) is 25.7 Å². The molecule has 102 heavy (non-hydrogen) atoms. The van der Waals surface area contributed by atoms with E-state index < -0.39 is 10.8 Å². The minimum atomic E-state index is -0.704. The maximum absolute atomic E-state index is 2.76. The van der Waals surface area contributed by atoms with Crippen LogP contribution in [0.25, 0.3) is 33.4 Å². The maximum Gasteiger partial charge on any atom is 0.0717 e. The van der Waals surface area contributed by atoms with Crippen LogP contribution >= 0.6 is 0 Å². The lowest BCUT2D eigenvalue weighted by molar-refractivity contribution is 0.607. The molecule has 2 aliphatic rings. The fraction of sp³-hybridized carbons (Fsp3) is 0.510. The van der Waals surface area contributed by atoms with Crippen molar-refractivity contribution in [1.82, 2.24) is 0 Å². The lowest BCUT2D eigenvalue weighted by Gasteiger charge is -2.38. The summed E-state index contributed by atoms with van der Waals surface area (Å²) in [6.45, 7) is 38.3. The van der Waals surface area contributed by atoms with Crippen LogP contribution in [0.4, 0.5) is 0 Å². The van der Waals surface area contributed by atoms with E-state index in [4.69, 9.17) is 0 Å². The summed E-state index contributed by atoms with van der Waals surface area (Å²) in [5, 5.41) is 0. The van der Waals surface area contributed by atoms with Crippen molar-refractivity contribution in [1.29, 1.82) is 0 Å². The molecule has 8 aromatic carbocycles. The Kier molecular flexibility index (Phi) is 28.3. The van der Waals surface area contributed by atoms with Gasteiger partial charge in [0.2, 0.25) is 0 Å². The normalized spacial score (nSPS) is 13.9. The van der Waals surface area contributed by atoms with E-state index in [9.17, 15) is 0 Å². The van der Waals surface area contributed by atoms with E-state index in [1.165, 1.54) is 288 Å². The Labute approximate surface area is 624 Å². The zero-order valence-electron chi connectivity index (χ0n) is 67.3. The molecule has 0 atom stereocenters. The molecule has 0 aliphatic heterocycles. The molecule has 0 nitrogen and oxygen atoms in total. The van der Waals surface area contributed by atoms with Crippen LogP contribution in [0.2, 0.25) is 0 Å². The molecule has 0 saturated carbocycles. The van der Waals surface area contributed by atoms with Crippen LogP contribution in [0, 0.1) is 0 Å². The Morgan fingerprint density at radius 2 is 0.461 bits per heavy atom. The van der Waals surface area contributed by atoms with Crippen molar-refractivity contribution in [3.63, 3.8) is 0 Å². The second-order valence-electron chi connectivity index (χ2n) is 33.7. The summed E-state index contributed by atoms with van der Waals surface area (Å²) in [5.41, 5.74) is 32.7. The third kappa shape index (κ3) is 17.2. The van der Waals surface area contributed by atoms with Gasteiger partial charge in [0.15, 0.2) is 0 Å². The molecular weight excluding hydrogens is 1230 g/mol. The first-order chi connectivity index (χ1) is 49.4. The van der Waals surface area contributed by atoms with Gasteiger partial charge in [-0.15, -0.1) is 0 Å². The van der Waals surface area contributed by atoms with Crippen molar-refractivity contribution in [3.8, 4) is 22.3 Å². The van der Waals surface area contributed by atoms with Crippen molar-refractivity contribution in [2.75, 3.05) is 0 Å². The van der Waals surface area contributed by atoms with Crippen LogP contribution in [0.1, 0.15) is 401 Å². The summed E-state index contributed by atoms with van der Waals surface area (Å²) in [5.74, 6) is 2.22. The number of hydrogen-bond donors (Lipinski definition) is 0. The molecule has 0 heteroatoms. The largest absolute Gasteiger partial charge is 0.0717 e. The first-order valence-electron chi connectivity index (χ1n) is 42.2. The highest BCUT2D eigenvalue weighted by molar-refractivity contribution is 6.16. The summed E-state index contributed by atoms with van der Waals surface area (Å²) in [6.07, 6.45) is 35.6. The summed E-state index contributed by atoms with van der Waals surface area (Å²) in [7, 11) is 0. The molecule has 0 fully saturated rings. The lowest BCUT2D eigenvalue weighted by Crippen LogP contribution is -2.31. The molecule has 0 unspecified atom stereocenters. The molecule has 0 bridgehead atoms. The fourth-order valence-corrected chi connectivity index (χ4v) is 18.0. The van der Waals surface area contributed by atoms with Crippen molar-refractivity contribution in [2.24, 2.45) is 0 Å². The topological polar surface area (TPSA) is 0 Å². The third-order valence-corrected chi connectivity index (χ3v) is 24.1. The molecule has 2 aliphatic carbocycles. The van der Waals surface area contributed by atoms with Crippen LogP contribution in [-0.2, 0) is 36.5 Å². The first kappa shape index (κ1) is 78.1. The minimum Gasteiger partial charge on any atom is -0.0654 e. The van der Waals surface area contributed by atoms with E-state index >= 15 is 0 Å². The van der Waals surface area contributed by atoms with E-state index in [1.54, 1.807) is 0 Å². The fourth-order valence-electron chi connectivity index (χ4n) is 18.0. The van der Waals surface area contributed by atoms with Gasteiger partial charge < -0.3 is 0 Å². The Balaban J connectivity index is 1.34. The van der Waals surface area contributed by atoms with Crippen molar-refractivity contribution in [2.45, 2.75) is 337 Å². The molecule has 0 saturated heterocycles. The number of rotatable bonds is 40. The number of aryl methyl sites for hydroxylation is 4. The Morgan fingerprint density at radius 1 is 0.235 bits per heavy atom. The van der Waals surface area contributed by atoms with E-state index in [0.29, 0.717) is 35.5 Å². The van der Waals surface area contributed by atoms with Gasteiger partial charge in [0.25, 0.3) is 0 Å². The number of allylic oxidation sites excluding steroid dienone is 2. The molecule has 0 radical (unpaired) electrons. The number of benzene rings is 8. The van der Waals surface area contributed by atoms with Crippen LogP contribution in [0.3, 0.4) is 0 Å². The van der Waals surface area contributed by atoms with E-state index in [1.807, 2.05) is 0 Å². The van der Waals surface area contributed by atoms with Crippen molar-refractivity contribution in [3.05, 3.63) is 258 Å². The highest BCUT2D eigenvalue weighted by Crippen LogP contribution is 2.70. The van der Waals surface area contributed by atoms with Gasteiger partial charge in [-0.1, -0.05) is 385 Å². The quantitative estimate of drug-likeness (QED) is 0.0336. The van der Waals surface area contributed by atoms with Gasteiger partial charge in [-0.05, 0) is 233 Å². The number of hydrogen-bond acceptors (Lipinski definition) is 0.